The molecule has 0 saturated heterocycles. The highest BCUT2D eigenvalue weighted by atomic mass is 19.1. The number of hydrogen-bond donors (Lipinski definition) is 1. The van der Waals surface area contributed by atoms with E-state index in [1.54, 1.807) is 12.1 Å². The Morgan fingerprint density at radius 2 is 2.00 bits per heavy atom. The fraction of sp³-hybridized carbons (Fsp3) is 0.357. The molecular weight excluding hydrogens is 229 g/mol. The summed E-state index contributed by atoms with van der Waals surface area (Å²) in [6.07, 6.45) is 3.84. The van der Waals surface area contributed by atoms with E-state index >= 15 is 0 Å². The molecule has 0 radical (unpaired) electrons. The Hall–Kier alpha value is -1.68. The van der Waals surface area contributed by atoms with Crippen LogP contribution in [0.2, 0.25) is 0 Å². The summed E-state index contributed by atoms with van der Waals surface area (Å²) in [7, 11) is 0. The van der Waals surface area contributed by atoms with Crippen LogP contribution in [0, 0.1) is 12.7 Å². The number of hydrogen-bond acceptors (Lipinski definition) is 2. The molecule has 2 rings (SSSR count). The van der Waals surface area contributed by atoms with Crippen LogP contribution in [0.25, 0.3) is 0 Å². The molecule has 0 amide bonds. The zero-order chi connectivity index (χ0) is 13.0. The molecule has 1 aromatic carbocycles. The van der Waals surface area contributed by atoms with Gasteiger partial charge >= 0.3 is 0 Å². The second-order valence-electron chi connectivity index (χ2n) is 4.43. The molecule has 0 atom stereocenters. The second-order valence-corrected chi connectivity index (χ2v) is 4.43. The zero-order valence-electron chi connectivity index (χ0n) is 10.6. The van der Waals surface area contributed by atoms with Crippen LogP contribution in [0.5, 0.6) is 0 Å². The largest absolute Gasteiger partial charge is 0.330 e. The van der Waals surface area contributed by atoms with E-state index in [9.17, 15) is 4.39 Å². The van der Waals surface area contributed by atoms with E-state index in [1.807, 2.05) is 10.9 Å². The van der Waals surface area contributed by atoms with E-state index in [-0.39, 0.29) is 5.82 Å². The van der Waals surface area contributed by atoms with Gasteiger partial charge in [-0.25, -0.2) is 4.39 Å². The van der Waals surface area contributed by atoms with Crippen molar-refractivity contribution in [1.29, 1.82) is 0 Å². The van der Waals surface area contributed by atoms with Crippen LogP contribution in [0.1, 0.15) is 23.2 Å². The van der Waals surface area contributed by atoms with Crippen molar-refractivity contribution in [3.05, 3.63) is 53.1 Å². The van der Waals surface area contributed by atoms with Crippen molar-refractivity contribution in [1.82, 2.24) is 9.78 Å². The highest BCUT2D eigenvalue weighted by Crippen LogP contribution is 2.12. The fourth-order valence-corrected chi connectivity index (χ4v) is 1.95. The number of halogens is 1. The Balaban J connectivity index is 2.09. The third kappa shape index (κ3) is 2.96. The molecule has 0 bridgehead atoms. The van der Waals surface area contributed by atoms with Gasteiger partial charge in [0.25, 0.3) is 0 Å². The third-order valence-corrected chi connectivity index (χ3v) is 3.10. The molecule has 0 fully saturated rings. The highest BCUT2D eigenvalue weighted by molar-refractivity contribution is 5.20. The van der Waals surface area contributed by atoms with E-state index < -0.39 is 0 Å². The fourth-order valence-electron chi connectivity index (χ4n) is 1.95. The predicted octanol–water partition coefficient (Wildman–Crippen LogP) is 2.27. The van der Waals surface area contributed by atoms with Crippen LogP contribution in [0.4, 0.5) is 4.39 Å². The Morgan fingerprint density at radius 1 is 1.28 bits per heavy atom. The number of aryl methyl sites for hydroxylation is 1. The van der Waals surface area contributed by atoms with Crippen molar-refractivity contribution in [3.8, 4) is 0 Å². The summed E-state index contributed by atoms with van der Waals surface area (Å²) in [5, 5.41) is 4.37. The molecule has 2 aromatic rings. The summed E-state index contributed by atoms with van der Waals surface area (Å²) in [4.78, 5) is 0. The molecule has 4 heteroatoms. The number of rotatable bonds is 5. The Morgan fingerprint density at radius 3 is 2.67 bits per heavy atom. The first-order valence-corrected chi connectivity index (χ1v) is 6.16. The van der Waals surface area contributed by atoms with Gasteiger partial charge in [0.1, 0.15) is 5.82 Å². The van der Waals surface area contributed by atoms with Gasteiger partial charge in [0.2, 0.25) is 0 Å². The summed E-state index contributed by atoms with van der Waals surface area (Å²) < 4.78 is 14.8. The lowest BCUT2D eigenvalue weighted by molar-refractivity contribution is 0.623. The minimum absolute atomic E-state index is 0.209. The summed E-state index contributed by atoms with van der Waals surface area (Å²) in [6.45, 7) is 3.43. The van der Waals surface area contributed by atoms with Crippen molar-refractivity contribution in [2.45, 2.75) is 26.3 Å². The van der Waals surface area contributed by atoms with E-state index in [2.05, 4.69) is 12.0 Å². The van der Waals surface area contributed by atoms with Gasteiger partial charge in [-0.15, -0.1) is 0 Å². The molecule has 0 saturated carbocycles. The minimum Gasteiger partial charge on any atom is -0.330 e. The lowest BCUT2D eigenvalue weighted by atomic mass is 10.1. The summed E-state index contributed by atoms with van der Waals surface area (Å²) in [6, 6.07) is 6.53. The molecule has 0 aliphatic carbocycles. The van der Waals surface area contributed by atoms with Gasteiger partial charge in [0, 0.05) is 5.69 Å². The minimum atomic E-state index is -0.209. The first-order chi connectivity index (χ1) is 8.70. The van der Waals surface area contributed by atoms with Gasteiger partial charge in [-0.05, 0) is 49.6 Å². The smallest absolute Gasteiger partial charge is 0.123 e. The summed E-state index contributed by atoms with van der Waals surface area (Å²) >= 11 is 0. The van der Waals surface area contributed by atoms with Gasteiger partial charge in [-0.3, -0.25) is 4.68 Å². The normalized spacial score (nSPS) is 10.8. The maximum Gasteiger partial charge on any atom is 0.123 e. The van der Waals surface area contributed by atoms with Gasteiger partial charge in [-0.2, -0.15) is 5.10 Å². The van der Waals surface area contributed by atoms with Crippen molar-refractivity contribution in [2.24, 2.45) is 5.73 Å². The molecule has 1 aromatic heterocycles. The van der Waals surface area contributed by atoms with Crippen LogP contribution in [-0.2, 0) is 13.0 Å². The van der Waals surface area contributed by atoms with E-state index in [4.69, 9.17) is 5.73 Å². The SMILES string of the molecule is Cc1c(CCCN)cnn1Cc1ccc(F)cc1. The summed E-state index contributed by atoms with van der Waals surface area (Å²) in [5.74, 6) is -0.209. The van der Waals surface area contributed by atoms with Gasteiger partial charge in [-0.1, -0.05) is 12.1 Å². The maximum absolute atomic E-state index is 12.8. The van der Waals surface area contributed by atoms with Crippen molar-refractivity contribution >= 4 is 0 Å². The summed E-state index contributed by atoms with van der Waals surface area (Å²) in [5.41, 5.74) is 8.96. The second kappa shape index (κ2) is 5.78. The Kier molecular flexibility index (Phi) is 4.10. The molecule has 0 aliphatic rings. The monoisotopic (exact) mass is 247 g/mol. The number of aromatic nitrogens is 2. The lowest BCUT2D eigenvalue weighted by Gasteiger charge is -2.06. The van der Waals surface area contributed by atoms with E-state index in [1.165, 1.54) is 17.7 Å². The topological polar surface area (TPSA) is 43.8 Å². The zero-order valence-corrected chi connectivity index (χ0v) is 10.6. The van der Waals surface area contributed by atoms with Crippen molar-refractivity contribution < 1.29 is 4.39 Å². The van der Waals surface area contributed by atoms with E-state index in [0.29, 0.717) is 13.1 Å². The molecule has 3 nitrogen and oxygen atoms in total. The maximum atomic E-state index is 12.8. The average Bonchev–Trinajstić information content (AvgIpc) is 2.71. The molecule has 96 valence electrons. The Bertz CT molecular complexity index is 502. The molecule has 18 heavy (non-hydrogen) atoms. The quantitative estimate of drug-likeness (QED) is 0.880. The first kappa shape index (κ1) is 12.8. The molecular formula is C14H18FN3. The van der Waals surface area contributed by atoms with Gasteiger partial charge in [0.05, 0.1) is 12.7 Å². The van der Waals surface area contributed by atoms with E-state index in [0.717, 1.165) is 24.1 Å². The highest BCUT2D eigenvalue weighted by Gasteiger charge is 2.06. The van der Waals surface area contributed by atoms with Crippen LogP contribution < -0.4 is 5.73 Å². The molecule has 0 unspecified atom stereocenters. The van der Waals surface area contributed by atoms with Crippen LogP contribution in [-0.4, -0.2) is 16.3 Å². The van der Waals surface area contributed by atoms with Gasteiger partial charge in [0.15, 0.2) is 0 Å². The Labute approximate surface area is 106 Å². The van der Waals surface area contributed by atoms with Crippen molar-refractivity contribution in [2.75, 3.05) is 6.54 Å². The number of nitrogens with zero attached hydrogens (tertiary/aromatic N) is 2. The van der Waals surface area contributed by atoms with Gasteiger partial charge < -0.3 is 5.73 Å². The van der Waals surface area contributed by atoms with Crippen molar-refractivity contribution in [3.63, 3.8) is 0 Å². The van der Waals surface area contributed by atoms with Crippen LogP contribution in [0.3, 0.4) is 0 Å². The first-order valence-electron chi connectivity index (χ1n) is 6.16. The number of nitrogens with two attached hydrogens (primary N) is 1. The molecule has 0 spiro atoms. The standard InChI is InChI=1S/C14H18FN3/c1-11-13(3-2-8-16)9-17-18(11)10-12-4-6-14(15)7-5-12/h4-7,9H,2-3,8,10,16H2,1H3. The molecule has 0 aliphatic heterocycles. The molecule has 1 heterocycles. The molecule has 2 N–H and O–H groups in total. The third-order valence-electron chi connectivity index (χ3n) is 3.10. The predicted molar refractivity (Wildman–Crippen MR) is 69.8 cm³/mol. The van der Waals surface area contributed by atoms with Crippen LogP contribution >= 0.6 is 0 Å². The lowest BCUT2D eigenvalue weighted by Crippen LogP contribution is -2.05. The average molecular weight is 247 g/mol. The van der Waals surface area contributed by atoms with Crippen LogP contribution in [0.15, 0.2) is 30.5 Å². The number of benzene rings is 1.